The van der Waals surface area contributed by atoms with Gasteiger partial charge in [-0.25, -0.2) is 13.1 Å². The minimum Gasteiger partial charge on any atom is -0.497 e. The van der Waals surface area contributed by atoms with Crippen LogP contribution in [0.25, 0.3) is 10.8 Å². The summed E-state index contributed by atoms with van der Waals surface area (Å²) in [4.78, 5) is 0. The number of benzene rings is 2. The van der Waals surface area contributed by atoms with Crippen molar-refractivity contribution in [1.29, 1.82) is 0 Å². The zero-order valence-electron chi connectivity index (χ0n) is 12.2. The van der Waals surface area contributed by atoms with Gasteiger partial charge in [0, 0.05) is 6.54 Å². The fourth-order valence-corrected chi connectivity index (χ4v) is 4.75. The van der Waals surface area contributed by atoms with Gasteiger partial charge in [-0.1, -0.05) is 29.8 Å². The number of nitrogens with one attached hydrogen (secondary N) is 1. The summed E-state index contributed by atoms with van der Waals surface area (Å²) < 4.78 is 32.8. The van der Waals surface area contributed by atoms with Gasteiger partial charge >= 0.3 is 0 Å². The lowest BCUT2D eigenvalue weighted by Gasteiger charge is -2.07. The highest BCUT2D eigenvalue weighted by Crippen LogP contribution is 2.26. The first kappa shape index (κ1) is 16.3. The monoisotopic (exact) mass is 367 g/mol. The molecule has 120 valence electrons. The predicted molar refractivity (Wildman–Crippen MR) is 93.9 cm³/mol. The molecule has 0 spiro atoms. The van der Waals surface area contributed by atoms with Gasteiger partial charge in [-0.15, -0.1) is 11.3 Å². The molecule has 0 bridgehead atoms. The zero-order chi connectivity index (χ0) is 16.4. The summed E-state index contributed by atoms with van der Waals surface area (Å²) in [6, 6.07) is 14.6. The number of methoxy groups -OCH3 is 1. The Morgan fingerprint density at radius 2 is 1.83 bits per heavy atom. The first-order chi connectivity index (χ1) is 11.0. The molecule has 0 saturated heterocycles. The summed E-state index contributed by atoms with van der Waals surface area (Å²) in [5.74, 6) is 0.792. The number of fused-ring (bicyclic) bond motifs is 1. The minimum absolute atomic E-state index is 0.216. The van der Waals surface area contributed by atoms with E-state index in [1.165, 1.54) is 6.07 Å². The van der Waals surface area contributed by atoms with E-state index in [9.17, 15) is 8.42 Å². The molecule has 0 aliphatic heterocycles. The first-order valence-electron chi connectivity index (χ1n) is 6.80. The van der Waals surface area contributed by atoms with Crippen LogP contribution in [0, 0.1) is 0 Å². The van der Waals surface area contributed by atoms with E-state index in [0.717, 1.165) is 33.4 Å². The standard InChI is InChI=1S/C16H14ClNO3S2/c1-21-14-5-4-12-8-11(2-3-13(12)9-14)10-18-23(19,20)16-7-6-15(17)22-16/h2-9,18H,10H2,1H3. The Bertz CT molecular complexity index is 951. The van der Waals surface area contributed by atoms with Crippen molar-refractivity contribution in [3.8, 4) is 5.75 Å². The molecular formula is C16H14ClNO3S2. The van der Waals surface area contributed by atoms with Crippen LogP contribution in [0.2, 0.25) is 4.34 Å². The quantitative estimate of drug-likeness (QED) is 0.740. The normalized spacial score (nSPS) is 11.7. The molecule has 0 amide bonds. The lowest BCUT2D eigenvalue weighted by Crippen LogP contribution is -2.22. The maximum Gasteiger partial charge on any atom is 0.250 e. The van der Waals surface area contributed by atoms with Gasteiger partial charge in [0.25, 0.3) is 0 Å². The third kappa shape index (κ3) is 3.67. The van der Waals surface area contributed by atoms with E-state index >= 15 is 0 Å². The summed E-state index contributed by atoms with van der Waals surface area (Å²) in [6.07, 6.45) is 0. The molecule has 1 N–H and O–H groups in total. The van der Waals surface area contributed by atoms with E-state index in [1.807, 2.05) is 36.4 Å². The van der Waals surface area contributed by atoms with Crippen LogP contribution in [0.5, 0.6) is 5.75 Å². The summed E-state index contributed by atoms with van der Waals surface area (Å²) >= 11 is 6.83. The third-order valence-electron chi connectivity index (χ3n) is 3.39. The van der Waals surface area contributed by atoms with Crippen LogP contribution in [0.4, 0.5) is 0 Å². The van der Waals surface area contributed by atoms with Crippen LogP contribution in [0.3, 0.4) is 0 Å². The van der Waals surface area contributed by atoms with Gasteiger partial charge in [-0.3, -0.25) is 0 Å². The Balaban J connectivity index is 1.79. The van der Waals surface area contributed by atoms with E-state index in [-0.39, 0.29) is 10.8 Å². The molecule has 23 heavy (non-hydrogen) atoms. The second-order valence-electron chi connectivity index (χ2n) is 4.93. The fourth-order valence-electron chi connectivity index (χ4n) is 2.20. The van der Waals surface area contributed by atoms with Crippen molar-refractivity contribution < 1.29 is 13.2 Å². The Hall–Kier alpha value is -1.60. The van der Waals surface area contributed by atoms with Crippen molar-refractivity contribution in [2.45, 2.75) is 10.8 Å². The van der Waals surface area contributed by atoms with Gasteiger partial charge in [0.1, 0.15) is 9.96 Å². The van der Waals surface area contributed by atoms with E-state index < -0.39 is 10.0 Å². The van der Waals surface area contributed by atoms with Crippen LogP contribution < -0.4 is 9.46 Å². The molecule has 0 fully saturated rings. The Kier molecular flexibility index (Phi) is 4.59. The van der Waals surface area contributed by atoms with Crippen LogP contribution >= 0.6 is 22.9 Å². The van der Waals surface area contributed by atoms with Crippen molar-refractivity contribution >= 4 is 43.7 Å². The third-order valence-corrected chi connectivity index (χ3v) is 6.52. The van der Waals surface area contributed by atoms with Gasteiger partial charge in [0.05, 0.1) is 11.4 Å². The van der Waals surface area contributed by atoms with Crippen molar-refractivity contribution in [2.75, 3.05) is 7.11 Å². The Morgan fingerprint density at radius 1 is 1.09 bits per heavy atom. The number of halogens is 1. The Labute approximate surface area is 143 Å². The number of rotatable bonds is 5. The lowest BCUT2D eigenvalue weighted by molar-refractivity contribution is 0.415. The largest absolute Gasteiger partial charge is 0.497 e. The average molecular weight is 368 g/mol. The molecule has 2 aromatic carbocycles. The molecule has 0 atom stereocenters. The molecule has 0 unspecified atom stereocenters. The smallest absolute Gasteiger partial charge is 0.250 e. The molecule has 3 rings (SSSR count). The van der Waals surface area contributed by atoms with E-state index in [0.29, 0.717) is 4.34 Å². The summed E-state index contributed by atoms with van der Waals surface area (Å²) in [6.45, 7) is 0.222. The number of sulfonamides is 1. The summed E-state index contributed by atoms with van der Waals surface area (Å²) in [7, 11) is -1.91. The molecule has 0 aliphatic carbocycles. The molecule has 4 nitrogen and oxygen atoms in total. The van der Waals surface area contributed by atoms with Gasteiger partial charge in [-0.05, 0) is 46.7 Å². The second kappa shape index (κ2) is 6.49. The van der Waals surface area contributed by atoms with Crippen molar-refractivity contribution in [3.05, 3.63) is 58.4 Å². The van der Waals surface area contributed by atoms with Crippen LogP contribution in [-0.4, -0.2) is 15.5 Å². The van der Waals surface area contributed by atoms with Gasteiger partial charge in [0.2, 0.25) is 10.0 Å². The van der Waals surface area contributed by atoms with Crippen LogP contribution in [0.1, 0.15) is 5.56 Å². The highest BCUT2D eigenvalue weighted by Gasteiger charge is 2.16. The van der Waals surface area contributed by atoms with Crippen molar-refractivity contribution in [2.24, 2.45) is 0 Å². The predicted octanol–water partition coefficient (Wildman–Crippen LogP) is 4.04. The van der Waals surface area contributed by atoms with Crippen LogP contribution in [-0.2, 0) is 16.6 Å². The maximum atomic E-state index is 12.2. The number of ether oxygens (including phenoxy) is 1. The van der Waals surface area contributed by atoms with Gasteiger partial charge in [0.15, 0.2) is 0 Å². The molecule has 7 heteroatoms. The lowest BCUT2D eigenvalue weighted by atomic mass is 10.1. The molecule has 1 heterocycles. The highest BCUT2D eigenvalue weighted by molar-refractivity contribution is 7.91. The molecule has 1 aromatic heterocycles. The minimum atomic E-state index is -3.54. The number of hydrogen-bond acceptors (Lipinski definition) is 4. The van der Waals surface area contributed by atoms with Gasteiger partial charge < -0.3 is 4.74 Å². The van der Waals surface area contributed by atoms with Crippen molar-refractivity contribution in [3.63, 3.8) is 0 Å². The molecule has 3 aromatic rings. The second-order valence-corrected chi connectivity index (χ2v) is 8.64. The molecule has 0 radical (unpaired) electrons. The van der Waals surface area contributed by atoms with E-state index in [1.54, 1.807) is 13.2 Å². The summed E-state index contributed by atoms with van der Waals surface area (Å²) in [5.41, 5.74) is 0.883. The summed E-state index contributed by atoms with van der Waals surface area (Å²) in [5, 5.41) is 2.07. The Morgan fingerprint density at radius 3 is 2.52 bits per heavy atom. The highest BCUT2D eigenvalue weighted by atomic mass is 35.5. The number of hydrogen-bond donors (Lipinski definition) is 1. The number of thiophene rings is 1. The maximum absolute atomic E-state index is 12.2. The molecular weight excluding hydrogens is 354 g/mol. The van der Waals surface area contributed by atoms with Crippen molar-refractivity contribution in [1.82, 2.24) is 4.72 Å². The average Bonchev–Trinajstić information content (AvgIpc) is 3.00. The first-order valence-corrected chi connectivity index (χ1v) is 9.47. The molecule has 0 saturated carbocycles. The molecule has 0 aliphatic rings. The van der Waals surface area contributed by atoms with Gasteiger partial charge in [-0.2, -0.15) is 0 Å². The van der Waals surface area contributed by atoms with E-state index in [4.69, 9.17) is 16.3 Å². The van der Waals surface area contributed by atoms with E-state index in [2.05, 4.69) is 4.72 Å². The zero-order valence-corrected chi connectivity index (χ0v) is 14.6. The fraction of sp³-hybridized carbons (Fsp3) is 0.125. The topological polar surface area (TPSA) is 55.4 Å². The van der Waals surface area contributed by atoms with Crippen LogP contribution in [0.15, 0.2) is 52.7 Å². The SMILES string of the molecule is COc1ccc2cc(CNS(=O)(=O)c3ccc(Cl)s3)ccc2c1.